The molecule has 5 nitrogen and oxygen atoms in total. The molecule has 3 N–H and O–H groups in total. The van der Waals surface area contributed by atoms with Crippen LogP contribution in [-0.2, 0) is 6.61 Å². The number of anilines is 1. The second kappa shape index (κ2) is 3.70. The second-order valence-electron chi connectivity index (χ2n) is 3.20. The number of aromatic nitrogens is 2. The molecule has 0 aliphatic rings. The first-order valence-electron chi connectivity index (χ1n) is 4.50. The zero-order valence-corrected chi connectivity index (χ0v) is 8.27. The van der Waals surface area contributed by atoms with Crippen LogP contribution in [0.1, 0.15) is 11.5 Å². The fourth-order valence-corrected chi connectivity index (χ4v) is 1.41. The number of nitrogens with two attached hydrogens (primary N) is 1. The van der Waals surface area contributed by atoms with Gasteiger partial charge in [-0.25, -0.2) is 0 Å². The number of nitrogens with zero attached hydrogens (tertiary/aromatic N) is 2. The smallest absolute Gasteiger partial charge is 0.175 e. The summed E-state index contributed by atoms with van der Waals surface area (Å²) in [6, 6.07) is 3.57. The highest BCUT2D eigenvalue weighted by atomic mass is 16.5. The molecule has 0 saturated heterocycles. The summed E-state index contributed by atoms with van der Waals surface area (Å²) in [5.41, 5.74) is 7.87. The van der Waals surface area contributed by atoms with Crippen molar-refractivity contribution in [3.63, 3.8) is 0 Å². The van der Waals surface area contributed by atoms with Crippen molar-refractivity contribution in [3.05, 3.63) is 29.8 Å². The molecule has 2 rings (SSSR count). The predicted molar refractivity (Wildman–Crippen MR) is 54.8 cm³/mol. The van der Waals surface area contributed by atoms with Crippen LogP contribution >= 0.6 is 0 Å². The van der Waals surface area contributed by atoms with Crippen molar-refractivity contribution >= 4 is 5.82 Å². The maximum atomic E-state index is 8.85. The minimum atomic E-state index is -0.0711. The Kier molecular flexibility index (Phi) is 2.39. The van der Waals surface area contributed by atoms with E-state index in [2.05, 4.69) is 10.1 Å². The van der Waals surface area contributed by atoms with Crippen LogP contribution in [0.2, 0.25) is 0 Å². The average Bonchev–Trinajstić information content (AvgIpc) is 2.59. The van der Waals surface area contributed by atoms with Crippen molar-refractivity contribution in [3.8, 4) is 11.1 Å². The summed E-state index contributed by atoms with van der Waals surface area (Å²) in [4.78, 5) is 4.06. The Morgan fingerprint density at radius 1 is 1.47 bits per heavy atom. The summed E-state index contributed by atoms with van der Waals surface area (Å²) in [6.07, 6.45) is 1.64. The predicted octanol–water partition coefficient (Wildman–Crippen LogP) is 1.12. The largest absolute Gasteiger partial charge is 0.390 e. The maximum Gasteiger partial charge on any atom is 0.175 e. The van der Waals surface area contributed by atoms with E-state index in [0.29, 0.717) is 17.3 Å². The average molecular weight is 205 g/mol. The Morgan fingerprint density at radius 2 is 2.27 bits per heavy atom. The highest BCUT2D eigenvalue weighted by Crippen LogP contribution is 2.28. The normalized spacial score (nSPS) is 10.5. The van der Waals surface area contributed by atoms with Gasteiger partial charge in [-0.05, 0) is 13.0 Å². The van der Waals surface area contributed by atoms with E-state index in [9.17, 15) is 0 Å². The van der Waals surface area contributed by atoms with Gasteiger partial charge in [0.05, 0.1) is 17.9 Å². The summed E-state index contributed by atoms with van der Waals surface area (Å²) in [7, 11) is 0. The summed E-state index contributed by atoms with van der Waals surface area (Å²) < 4.78 is 4.95. The van der Waals surface area contributed by atoms with Gasteiger partial charge in [0.1, 0.15) is 5.76 Å². The van der Waals surface area contributed by atoms with Crippen LogP contribution in [0.4, 0.5) is 5.82 Å². The van der Waals surface area contributed by atoms with Crippen LogP contribution < -0.4 is 5.73 Å². The molecule has 0 radical (unpaired) electrons. The zero-order valence-electron chi connectivity index (χ0n) is 8.27. The van der Waals surface area contributed by atoms with Crippen molar-refractivity contribution in [2.75, 3.05) is 5.73 Å². The fraction of sp³-hybridized carbons (Fsp3) is 0.200. The molecule has 0 fully saturated rings. The molecule has 0 unspecified atom stereocenters. The van der Waals surface area contributed by atoms with E-state index in [-0.39, 0.29) is 6.61 Å². The van der Waals surface area contributed by atoms with Gasteiger partial charge in [0.25, 0.3) is 0 Å². The van der Waals surface area contributed by atoms with Gasteiger partial charge in [-0.2, -0.15) is 0 Å². The van der Waals surface area contributed by atoms with Crippen LogP contribution in [0.25, 0.3) is 11.1 Å². The number of aliphatic hydroxyl groups is 1. The van der Waals surface area contributed by atoms with Gasteiger partial charge < -0.3 is 15.4 Å². The highest BCUT2D eigenvalue weighted by molar-refractivity contribution is 5.74. The van der Waals surface area contributed by atoms with E-state index in [1.54, 1.807) is 19.2 Å². The third-order valence-electron chi connectivity index (χ3n) is 2.16. The molecule has 2 aromatic rings. The Labute approximate surface area is 86.5 Å². The van der Waals surface area contributed by atoms with Crippen molar-refractivity contribution in [1.82, 2.24) is 10.1 Å². The van der Waals surface area contributed by atoms with Crippen molar-refractivity contribution in [2.24, 2.45) is 0 Å². The van der Waals surface area contributed by atoms with Crippen molar-refractivity contribution in [2.45, 2.75) is 13.5 Å². The second-order valence-corrected chi connectivity index (χ2v) is 3.20. The Bertz CT molecular complexity index is 443. The molecule has 15 heavy (non-hydrogen) atoms. The standard InChI is InChI=1S/C10H11N3O2/c1-6-9(10(11)13-15-6)7-2-3-8(5-14)12-4-7/h2-4,14H,5H2,1H3,(H2,11,13). The van der Waals surface area contributed by atoms with Crippen molar-refractivity contribution in [1.29, 1.82) is 0 Å². The van der Waals surface area contributed by atoms with Crippen LogP contribution in [0.15, 0.2) is 22.9 Å². The first-order chi connectivity index (χ1) is 7.22. The van der Waals surface area contributed by atoms with E-state index in [0.717, 1.165) is 11.1 Å². The Hall–Kier alpha value is -1.88. The van der Waals surface area contributed by atoms with Gasteiger partial charge in [0.15, 0.2) is 5.82 Å². The highest BCUT2D eigenvalue weighted by Gasteiger charge is 2.12. The molecule has 2 aromatic heterocycles. The summed E-state index contributed by atoms with van der Waals surface area (Å²) in [5.74, 6) is 1.01. The third kappa shape index (κ3) is 1.69. The molecular formula is C10H11N3O2. The summed E-state index contributed by atoms with van der Waals surface area (Å²) in [5, 5.41) is 12.5. The number of hydrogen-bond acceptors (Lipinski definition) is 5. The lowest BCUT2D eigenvalue weighted by molar-refractivity contribution is 0.277. The number of hydrogen-bond donors (Lipinski definition) is 2. The summed E-state index contributed by atoms with van der Waals surface area (Å²) in [6.45, 7) is 1.72. The Balaban J connectivity index is 2.45. The number of nitrogen functional groups attached to an aromatic ring is 1. The molecular weight excluding hydrogens is 194 g/mol. The lowest BCUT2D eigenvalue weighted by Gasteiger charge is -2.00. The first kappa shape index (κ1) is 9.67. The lowest BCUT2D eigenvalue weighted by Crippen LogP contribution is -1.92. The van der Waals surface area contributed by atoms with Crippen LogP contribution in [-0.4, -0.2) is 15.2 Å². The van der Waals surface area contributed by atoms with E-state index >= 15 is 0 Å². The molecule has 78 valence electrons. The lowest BCUT2D eigenvalue weighted by atomic mass is 10.1. The van der Waals surface area contributed by atoms with Gasteiger partial charge in [-0.3, -0.25) is 4.98 Å². The molecule has 5 heteroatoms. The van der Waals surface area contributed by atoms with Crippen LogP contribution in [0, 0.1) is 6.92 Å². The molecule has 0 spiro atoms. The third-order valence-corrected chi connectivity index (χ3v) is 2.16. The quantitative estimate of drug-likeness (QED) is 0.767. The van der Waals surface area contributed by atoms with Gasteiger partial charge in [0, 0.05) is 11.8 Å². The fourth-order valence-electron chi connectivity index (χ4n) is 1.41. The van der Waals surface area contributed by atoms with Gasteiger partial charge >= 0.3 is 0 Å². The first-order valence-corrected chi connectivity index (χ1v) is 4.50. The van der Waals surface area contributed by atoms with Gasteiger partial charge in [0.2, 0.25) is 0 Å². The maximum absolute atomic E-state index is 8.85. The minimum Gasteiger partial charge on any atom is -0.390 e. The molecule has 0 saturated carbocycles. The van der Waals surface area contributed by atoms with Crippen molar-refractivity contribution < 1.29 is 9.63 Å². The van der Waals surface area contributed by atoms with E-state index < -0.39 is 0 Å². The number of pyridine rings is 1. The van der Waals surface area contributed by atoms with E-state index in [1.165, 1.54) is 0 Å². The van der Waals surface area contributed by atoms with Crippen LogP contribution in [0.3, 0.4) is 0 Å². The minimum absolute atomic E-state index is 0.0711. The molecule has 2 heterocycles. The van der Waals surface area contributed by atoms with Crippen LogP contribution in [0.5, 0.6) is 0 Å². The van der Waals surface area contributed by atoms with E-state index in [1.807, 2.05) is 6.07 Å². The molecule has 0 aromatic carbocycles. The number of aryl methyl sites for hydroxylation is 1. The SMILES string of the molecule is Cc1onc(N)c1-c1ccc(CO)nc1. The topological polar surface area (TPSA) is 85.2 Å². The van der Waals surface area contributed by atoms with Gasteiger partial charge in [-0.1, -0.05) is 11.2 Å². The molecule has 0 bridgehead atoms. The van der Waals surface area contributed by atoms with E-state index in [4.69, 9.17) is 15.4 Å². The number of rotatable bonds is 2. The monoisotopic (exact) mass is 205 g/mol. The van der Waals surface area contributed by atoms with Gasteiger partial charge in [-0.15, -0.1) is 0 Å². The Morgan fingerprint density at radius 3 is 2.73 bits per heavy atom. The zero-order chi connectivity index (χ0) is 10.8. The molecule has 0 aliphatic carbocycles. The molecule has 0 atom stereocenters. The molecule has 0 aliphatic heterocycles. The molecule has 0 amide bonds. The summed E-state index contributed by atoms with van der Waals surface area (Å²) >= 11 is 0. The number of aliphatic hydroxyl groups excluding tert-OH is 1.